The van der Waals surface area contributed by atoms with Crippen molar-refractivity contribution in [2.45, 2.75) is 34.4 Å². The first kappa shape index (κ1) is 27.3. The number of ether oxygens (including phenoxy) is 1. The molecule has 0 N–H and O–H groups in total. The van der Waals surface area contributed by atoms with Gasteiger partial charge in [-0.25, -0.2) is 0 Å². The molecule has 0 bridgehead atoms. The summed E-state index contributed by atoms with van der Waals surface area (Å²) in [7, 11) is 1.74. The first-order chi connectivity index (χ1) is 21.9. The highest BCUT2D eigenvalue weighted by atomic mass is 16.5. The molecule has 2 heterocycles. The van der Waals surface area contributed by atoms with Gasteiger partial charge in [0.25, 0.3) is 0 Å². The minimum atomic E-state index is 0.677. The Hall–Kier alpha value is -5.28. The molecule has 45 heavy (non-hydrogen) atoms. The Morgan fingerprint density at radius 1 is 0.556 bits per heavy atom. The molecule has 0 unspecified atom stereocenters. The summed E-state index contributed by atoms with van der Waals surface area (Å²) in [6, 6.07) is 42.5. The molecule has 0 spiro atoms. The van der Waals surface area contributed by atoms with Crippen LogP contribution in [0.2, 0.25) is 0 Å². The normalized spacial score (nSPS) is 12.4. The summed E-state index contributed by atoms with van der Waals surface area (Å²) in [5, 5.41) is 7.66. The summed E-state index contributed by atoms with van der Waals surface area (Å²) < 4.78 is 8.26. The molecule has 0 saturated heterocycles. The Balaban J connectivity index is 1.70. The monoisotopic (exact) mass is 584 g/mol. The Labute approximate surface area is 264 Å². The van der Waals surface area contributed by atoms with Crippen molar-refractivity contribution in [2.24, 2.45) is 0 Å². The summed E-state index contributed by atoms with van der Waals surface area (Å²) in [6.45, 7) is 9.60. The lowest BCUT2D eigenvalue weighted by Gasteiger charge is -2.21. The molecule has 7 aromatic rings. The van der Waals surface area contributed by atoms with Gasteiger partial charge in [0, 0.05) is 28.1 Å². The maximum absolute atomic E-state index is 5.68. The number of nitrogens with zero attached hydrogens (tertiary/aromatic N) is 2. The fourth-order valence-electron chi connectivity index (χ4n) is 7.50. The van der Waals surface area contributed by atoms with Crippen LogP contribution < -0.4 is 9.64 Å². The molecule has 1 aliphatic heterocycles. The largest absolute Gasteiger partial charge is 0.497 e. The number of hydrogen-bond donors (Lipinski definition) is 0. The number of aromatic nitrogens is 1. The van der Waals surface area contributed by atoms with E-state index in [0.717, 1.165) is 11.4 Å². The van der Waals surface area contributed by atoms with E-state index >= 15 is 0 Å². The lowest BCUT2D eigenvalue weighted by molar-refractivity contribution is 0.415. The second-order valence-corrected chi connectivity index (χ2v) is 12.4. The van der Waals surface area contributed by atoms with Gasteiger partial charge in [0.15, 0.2) is 0 Å². The SMILES string of the molecule is COc1cccc(N2Cn3c4c(-c5cccc(C)c5)cc(C)cc4c4c(C)cccc4c4cccc(C)c4c4cccc2c43)c1. The Kier molecular flexibility index (Phi) is 6.32. The van der Waals surface area contributed by atoms with Crippen LogP contribution in [0.5, 0.6) is 5.75 Å². The molecular formula is C42H36N2O. The van der Waals surface area contributed by atoms with Crippen molar-refractivity contribution in [3.05, 3.63) is 138 Å². The van der Waals surface area contributed by atoms with Crippen molar-refractivity contribution in [1.29, 1.82) is 0 Å². The van der Waals surface area contributed by atoms with Crippen molar-refractivity contribution >= 4 is 54.7 Å². The van der Waals surface area contributed by atoms with Gasteiger partial charge in [-0.3, -0.25) is 0 Å². The molecule has 0 aliphatic carbocycles. The van der Waals surface area contributed by atoms with Crippen LogP contribution in [0.15, 0.2) is 115 Å². The summed E-state index contributed by atoms with van der Waals surface area (Å²) in [4.78, 5) is 2.43. The smallest absolute Gasteiger partial charge is 0.120 e. The van der Waals surface area contributed by atoms with E-state index in [4.69, 9.17) is 4.74 Å². The average molecular weight is 585 g/mol. The van der Waals surface area contributed by atoms with E-state index in [1.165, 1.54) is 82.4 Å². The highest BCUT2D eigenvalue weighted by molar-refractivity contribution is 6.23. The molecule has 3 heteroatoms. The topological polar surface area (TPSA) is 17.4 Å². The van der Waals surface area contributed by atoms with Gasteiger partial charge in [0.2, 0.25) is 0 Å². The van der Waals surface area contributed by atoms with Crippen LogP contribution in [-0.2, 0) is 6.67 Å². The van der Waals surface area contributed by atoms with E-state index in [2.05, 4.69) is 146 Å². The summed E-state index contributed by atoms with van der Waals surface area (Å²) in [5.74, 6) is 0.854. The highest BCUT2D eigenvalue weighted by Gasteiger charge is 2.26. The number of fused-ring (bicyclic) bond motifs is 7. The van der Waals surface area contributed by atoms with Crippen LogP contribution in [0.4, 0.5) is 11.4 Å². The molecule has 6 aromatic carbocycles. The predicted octanol–water partition coefficient (Wildman–Crippen LogP) is 11.2. The van der Waals surface area contributed by atoms with Gasteiger partial charge in [-0.05, 0) is 102 Å². The quantitative estimate of drug-likeness (QED) is 0.206. The van der Waals surface area contributed by atoms with Crippen molar-refractivity contribution in [2.75, 3.05) is 12.0 Å². The third-order valence-corrected chi connectivity index (χ3v) is 9.45. The Morgan fingerprint density at radius 2 is 1.22 bits per heavy atom. The molecule has 8 rings (SSSR count). The highest BCUT2D eigenvalue weighted by Crippen LogP contribution is 2.45. The number of anilines is 2. The van der Waals surface area contributed by atoms with E-state index in [-0.39, 0.29) is 0 Å². The molecule has 0 fully saturated rings. The Bertz CT molecular complexity index is 2400. The molecule has 0 amide bonds. The van der Waals surface area contributed by atoms with Crippen LogP contribution >= 0.6 is 0 Å². The summed E-state index contributed by atoms with van der Waals surface area (Å²) >= 11 is 0. The van der Waals surface area contributed by atoms with E-state index in [9.17, 15) is 0 Å². The van der Waals surface area contributed by atoms with Gasteiger partial charge in [0.1, 0.15) is 12.4 Å². The van der Waals surface area contributed by atoms with Crippen LogP contribution in [0.25, 0.3) is 54.5 Å². The van der Waals surface area contributed by atoms with Crippen LogP contribution in [0.1, 0.15) is 22.3 Å². The predicted molar refractivity (Wildman–Crippen MR) is 192 cm³/mol. The molecule has 3 nitrogen and oxygen atoms in total. The van der Waals surface area contributed by atoms with Gasteiger partial charge in [0.05, 0.1) is 23.8 Å². The number of rotatable bonds is 3. The number of para-hydroxylation sites is 1. The van der Waals surface area contributed by atoms with Crippen molar-refractivity contribution in [3.63, 3.8) is 0 Å². The number of aryl methyl sites for hydroxylation is 4. The van der Waals surface area contributed by atoms with Crippen molar-refractivity contribution < 1.29 is 4.74 Å². The first-order valence-electron chi connectivity index (χ1n) is 15.7. The maximum atomic E-state index is 5.68. The fourth-order valence-corrected chi connectivity index (χ4v) is 7.50. The standard InChI is InChI=1S/C42H36N2O/c1-26-11-6-14-30(21-26)36-22-27(2)23-37-40-29(4)13-8-18-34(40)33-17-7-12-28(3)39(33)35-19-10-20-38-42(35)44(41(36)37)25-43(38)31-15-9-16-32(24-31)45-5/h6-24H,25H2,1-5H3. The summed E-state index contributed by atoms with van der Waals surface area (Å²) in [5.41, 5.74) is 12.3. The van der Waals surface area contributed by atoms with E-state index in [1.807, 2.05) is 6.07 Å². The molecule has 1 aliphatic rings. The molecule has 0 saturated carbocycles. The van der Waals surface area contributed by atoms with Crippen LogP contribution in [0.3, 0.4) is 0 Å². The van der Waals surface area contributed by atoms with Gasteiger partial charge in [-0.1, -0.05) is 84.4 Å². The lowest BCUT2D eigenvalue weighted by Crippen LogP contribution is -2.14. The number of benzene rings is 6. The van der Waals surface area contributed by atoms with E-state index < -0.39 is 0 Å². The molecule has 220 valence electrons. The van der Waals surface area contributed by atoms with Crippen LogP contribution in [-0.4, -0.2) is 11.7 Å². The van der Waals surface area contributed by atoms with Crippen molar-refractivity contribution in [1.82, 2.24) is 4.57 Å². The van der Waals surface area contributed by atoms with Gasteiger partial charge < -0.3 is 14.2 Å². The molecule has 1 aromatic heterocycles. The minimum Gasteiger partial charge on any atom is -0.497 e. The fraction of sp³-hybridized carbons (Fsp3) is 0.143. The van der Waals surface area contributed by atoms with Gasteiger partial charge >= 0.3 is 0 Å². The third-order valence-electron chi connectivity index (χ3n) is 9.45. The van der Waals surface area contributed by atoms with E-state index in [0.29, 0.717) is 6.67 Å². The second kappa shape index (κ2) is 10.4. The van der Waals surface area contributed by atoms with E-state index in [1.54, 1.807) is 7.11 Å². The van der Waals surface area contributed by atoms with Crippen LogP contribution in [0, 0.1) is 27.7 Å². The minimum absolute atomic E-state index is 0.677. The third kappa shape index (κ3) is 4.26. The zero-order chi connectivity index (χ0) is 30.8. The van der Waals surface area contributed by atoms with Gasteiger partial charge in [-0.15, -0.1) is 0 Å². The second-order valence-electron chi connectivity index (χ2n) is 12.4. The molecule has 0 radical (unpaired) electrons. The van der Waals surface area contributed by atoms with Gasteiger partial charge in [-0.2, -0.15) is 0 Å². The molecular weight excluding hydrogens is 548 g/mol. The summed E-state index contributed by atoms with van der Waals surface area (Å²) in [6.07, 6.45) is 0. The number of hydrogen-bond acceptors (Lipinski definition) is 2. The zero-order valence-corrected chi connectivity index (χ0v) is 26.5. The lowest BCUT2D eigenvalue weighted by atomic mass is 9.93. The molecule has 0 atom stereocenters. The average Bonchev–Trinajstić information content (AvgIpc) is 3.45. The van der Waals surface area contributed by atoms with Crippen molar-refractivity contribution in [3.8, 4) is 16.9 Å². The number of methoxy groups -OCH3 is 1. The Morgan fingerprint density at radius 3 is 1.96 bits per heavy atom. The maximum Gasteiger partial charge on any atom is 0.120 e. The first-order valence-corrected chi connectivity index (χ1v) is 15.7. The zero-order valence-electron chi connectivity index (χ0n) is 26.5.